The van der Waals surface area contributed by atoms with Crippen LogP contribution in [0.2, 0.25) is 0 Å². The third-order valence-corrected chi connectivity index (χ3v) is 5.20. The quantitative estimate of drug-likeness (QED) is 0.524. The van der Waals surface area contributed by atoms with Gasteiger partial charge in [0.25, 0.3) is 0 Å². The number of methoxy groups -OCH3 is 3. The predicted molar refractivity (Wildman–Crippen MR) is 104 cm³/mol. The Labute approximate surface area is 155 Å². The highest BCUT2D eigenvalue weighted by molar-refractivity contribution is 7.18. The summed E-state index contributed by atoms with van der Waals surface area (Å²) in [5.41, 5.74) is 4.86. The van der Waals surface area contributed by atoms with E-state index in [9.17, 15) is 0 Å². The molecular weight excluding hydrogens is 352 g/mol. The molecule has 0 aliphatic carbocycles. The minimum atomic E-state index is 0.599. The molecular formula is C18H20N4O3S. The van der Waals surface area contributed by atoms with Gasteiger partial charge in [0.15, 0.2) is 5.82 Å². The Bertz CT molecular complexity index is 943. The topological polar surface area (TPSA) is 77.9 Å². The van der Waals surface area contributed by atoms with Crippen LogP contribution < -0.4 is 19.6 Å². The van der Waals surface area contributed by atoms with Crippen LogP contribution in [0.4, 0.5) is 5.82 Å². The van der Waals surface area contributed by atoms with E-state index in [-0.39, 0.29) is 0 Å². The molecule has 0 atom stereocenters. The van der Waals surface area contributed by atoms with Crippen LogP contribution in [0.1, 0.15) is 16.0 Å². The van der Waals surface area contributed by atoms with E-state index in [1.165, 1.54) is 11.2 Å². The SMILES string of the molecule is COc1cc(OC)c(/C=N/Nc2ncnc3sc(C)c(C)c23)c(OC)c1. The van der Waals surface area contributed by atoms with Crippen molar-refractivity contribution in [2.45, 2.75) is 13.8 Å². The molecule has 0 bridgehead atoms. The molecule has 7 nitrogen and oxygen atoms in total. The molecule has 136 valence electrons. The number of thiophene rings is 1. The highest BCUT2D eigenvalue weighted by Gasteiger charge is 2.13. The van der Waals surface area contributed by atoms with Crippen LogP contribution in [-0.2, 0) is 0 Å². The highest BCUT2D eigenvalue weighted by Crippen LogP contribution is 2.34. The van der Waals surface area contributed by atoms with Crippen molar-refractivity contribution in [1.29, 1.82) is 0 Å². The molecule has 0 fully saturated rings. The van der Waals surface area contributed by atoms with Gasteiger partial charge in [-0.3, -0.25) is 5.43 Å². The van der Waals surface area contributed by atoms with Crippen LogP contribution in [0, 0.1) is 13.8 Å². The van der Waals surface area contributed by atoms with Crippen LogP contribution in [-0.4, -0.2) is 37.5 Å². The van der Waals surface area contributed by atoms with Gasteiger partial charge in [0, 0.05) is 17.0 Å². The third kappa shape index (κ3) is 3.28. The van der Waals surface area contributed by atoms with Crippen molar-refractivity contribution in [3.05, 3.63) is 34.5 Å². The van der Waals surface area contributed by atoms with E-state index in [2.05, 4.69) is 34.3 Å². The number of aromatic nitrogens is 2. The van der Waals surface area contributed by atoms with Gasteiger partial charge in [-0.2, -0.15) is 5.10 Å². The van der Waals surface area contributed by atoms with Gasteiger partial charge in [-0.25, -0.2) is 9.97 Å². The number of benzene rings is 1. The van der Waals surface area contributed by atoms with Gasteiger partial charge < -0.3 is 14.2 Å². The monoisotopic (exact) mass is 372 g/mol. The zero-order valence-electron chi connectivity index (χ0n) is 15.3. The van der Waals surface area contributed by atoms with Crippen LogP contribution in [0.15, 0.2) is 23.6 Å². The molecule has 0 saturated heterocycles. The lowest BCUT2D eigenvalue weighted by Crippen LogP contribution is -2.00. The molecule has 0 saturated carbocycles. The lowest BCUT2D eigenvalue weighted by atomic mass is 10.2. The van der Waals surface area contributed by atoms with Gasteiger partial charge in [0.1, 0.15) is 28.4 Å². The van der Waals surface area contributed by atoms with Crippen molar-refractivity contribution in [2.24, 2.45) is 5.10 Å². The summed E-state index contributed by atoms with van der Waals surface area (Å²) in [7, 11) is 4.77. The molecule has 3 rings (SSSR count). The first-order chi connectivity index (χ1) is 12.6. The minimum Gasteiger partial charge on any atom is -0.496 e. The number of nitrogens with one attached hydrogen (secondary N) is 1. The number of anilines is 1. The number of hydrazone groups is 1. The Hall–Kier alpha value is -2.87. The summed E-state index contributed by atoms with van der Waals surface area (Å²) in [5.74, 6) is 2.51. The fraction of sp³-hybridized carbons (Fsp3) is 0.278. The summed E-state index contributed by atoms with van der Waals surface area (Å²) in [6.45, 7) is 4.13. The van der Waals surface area contributed by atoms with E-state index in [0.29, 0.717) is 28.6 Å². The molecule has 2 aromatic heterocycles. The van der Waals surface area contributed by atoms with E-state index in [1.54, 1.807) is 51.0 Å². The van der Waals surface area contributed by atoms with E-state index < -0.39 is 0 Å². The van der Waals surface area contributed by atoms with Crippen LogP contribution in [0.5, 0.6) is 17.2 Å². The highest BCUT2D eigenvalue weighted by atomic mass is 32.1. The van der Waals surface area contributed by atoms with Gasteiger partial charge in [-0.15, -0.1) is 11.3 Å². The van der Waals surface area contributed by atoms with Gasteiger partial charge in [0.2, 0.25) is 0 Å². The predicted octanol–water partition coefficient (Wildman–Crippen LogP) is 3.78. The van der Waals surface area contributed by atoms with Gasteiger partial charge >= 0.3 is 0 Å². The second-order valence-electron chi connectivity index (χ2n) is 5.50. The van der Waals surface area contributed by atoms with Gasteiger partial charge in [-0.1, -0.05) is 0 Å². The Morgan fingerprint density at radius 3 is 2.35 bits per heavy atom. The fourth-order valence-corrected chi connectivity index (χ4v) is 3.58. The largest absolute Gasteiger partial charge is 0.496 e. The van der Waals surface area contributed by atoms with Crippen molar-refractivity contribution in [1.82, 2.24) is 9.97 Å². The van der Waals surface area contributed by atoms with Crippen molar-refractivity contribution >= 4 is 33.6 Å². The summed E-state index contributed by atoms with van der Waals surface area (Å²) >= 11 is 1.64. The average molecular weight is 372 g/mol. The zero-order chi connectivity index (χ0) is 18.7. The molecule has 0 aliphatic rings. The van der Waals surface area contributed by atoms with Crippen LogP contribution >= 0.6 is 11.3 Å². The third-order valence-electron chi connectivity index (χ3n) is 4.08. The smallest absolute Gasteiger partial charge is 0.158 e. The number of fused-ring (bicyclic) bond motifs is 1. The van der Waals surface area contributed by atoms with Crippen molar-refractivity contribution < 1.29 is 14.2 Å². The summed E-state index contributed by atoms with van der Waals surface area (Å²) in [6.07, 6.45) is 3.17. The first-order valence-corrected chi connectivity index (χ1v) is 8.70. The Kier molecular flexibility index (Phi) is 5.22. The molecule has 0 radical (unpaired) electrons. The first-order valence-electron chi connectivity index (χ1n) is 7.88. The lowest BCUT2D eigenvalue weighted by molar-refractivity contribution is 0.374. The Morgan fingerprint density at radius 2 is 1.73 bits per heavy atom. The number of hydrogen-bond donors (Lipinski definition) is 1. The molecule has 0 unspecified atom stereocenters. The second-order valence-corrected chi connectivity index (χ2v) is 6.70. The van der Waals surface area contributed by atoms with Gasteiger partial charge in [0.05, 0.1) is 38.5 Å². The minimum absolute atomic E-state index is 0.599. The molecule has 0 amide bonds. The molecule has 1 N–H and O–H groups in total. The fourth-order valence-electron chi connectivity index (χ4n) is 2.59. The first kappa shape index (κ1) is 17.9. The Balaban J connectivity index is 1.95. The van der Waals surface area contributed by atoms with Crippen molar-refractivity contribution in [3.63, 3.8) is 0 Å². The summed E-state index contributed by atoms with van der Waals surface area (Å²) in [6, 6.07) is 3.55. The van der Waals surface area contributed by atoms with E-state index in [0.717, 1.165) is 15.8 Å². The zero-order valence-corrected chi connectivity index (χ0v) is 16.1. The summed E-state index contributed by atoms with van der Waals surface area (Å²) in [5, 5.41) is 5.31. The van der Waals surface area contributed by atoms with Crippen LogP contribution in [0.3, 0.4) is 0 Å². The summed E-state index contributed by atoms with van der Waals surface area (Å²) < 4.78 is 16.1. The standard InChI is InChI=1S/C18H20N4O3S/c1-10-11(2)26-18-16(10)17(19-9-20-18)22-21-8-13-14(24-4)6-12(23-3)7-15(13)25-5/h6-9H,1-5H3,(H,19,20,22)/b21-8+. The molecule has 26 heavy (non-hydrogen) atoms. The molecule has 0 spiro atoms. The molecule has 2 heterocycles. The molecule has 1 aromatic carbocycles. The van der Waals surface area contributed by atoms with E-state index in [1.807, 2.05) is 0 Å². The number of aryl methyl sites for hydroxylation is 2. The molecule has 0 aliphatic heterocycles. The normalized spacial score (nSPS) is 11.1. The number of hydrogen-bond acceptors (Lipinski definition) is 8. The number of ether oxygens (including phenoxy) is 3. The Morgan fingerprint density at radius 1 is 1.04 bits per heavy atom. The van der Waals surface area contributed by atoms with Gasteiger partial charge in [-0.05, 0) is 19.4 Å². The average Bonchev–Trinajstić information content (AvgIpc) is 2.96. The van der Waals surface area contributed by atoms with E-state index in [4.69, 9.17) is 14.2 Å². The maximum Gasteiger partial charge on any atom is 0.158 e. The molecule has 3 aromatic rings. The maximum absolute atomic E-state index is 5.42. The summed E-state index contributed by atoms with van der Waals surface area (Å²) in [4.78, 5) is 10.8. The lowest BCUT2D eigenvalue weighted by Gasteiger charge is -2.12. The van der Waals surface area contributed by atoms with Crippen molar-refractivity contribution in [3.8, 4) is 17.2 Å². The maximum atomic E-state index is 5.42. The molecule has 8 heteroatoms. The second kappa shape index (κ2) is 7.57. The van der Waals surface area contributed by atoms with Crippen molar-refractivity contribution in [2.75, 3.05) is 26.8 Å². The van der Waals surface area contributed by atoms with E-state index >= 15 is 0 Å². The number of rotatable bonds is 6. The van der Waals surface area contributed by atoms with Crippen LogP contribution in [0.25, 0.3) is 10.2 Å². The number of nitrogens with zero attached hydrogens (tertiary/aromatic N) is 3.